The molecule has 0 unspecified atom stereocenters. The Kier molecular flexibility index (Phi) is 4.71. The maximum absolute atomic E-state index is 12.8. The molecule has 1 N–H and O–H groups in total. The van der Waals surface area contributed by atoms with E-state index in [9.17, 15) is 10.4 Å². The normalized spacial score (nSPS) is 13.4. The van der Waals surface area contributed by atoms with E-state index in [4.69, 9.17) is 5.10 Å². The zero-order valence-corrected chi connectivity index (χ0v) is 15.7. The lowest BCUT2D eigenvalue weighted by atomic mass is 9.92. The fourth-order valence-electron chi connectivity index (χ4n) is 3.81. The van der Waals surface area contributed by atoms with Crippen LogP contribution >= 0.6 is 0 Å². The number of nitrogens with one attached hydrogen (secondary N) is 1. The molecule has 0 spiro atoms. The SMILES string of the molecule is C=CC=C(c1ccccc1N[O-])c1c(-c2cccc(C)[n+]2[O-])nn2c1CCC2. The zero-order chi connectivity index (χ0) is 19.7. The van der Waals surface area contributed by atoms with Crippen LogP contribution in [0.3, 0.4) is 0 Å². The number of hydrogen-bond acceptors (Lipinski definition) is 4. The lowest BCUT2D eigenvalue weighted by Gasteiger charge is -2.18. The van der Waals surface area contributed by atoms with Gasteiger partial charge in [-0.05, 0) is 30.5 Å². The summed E-state index contributed by atoms with van der Waals surface area (Å²) in [5.41, 5.74) is 7.77. The predicted molar refractivity (Wildman–Crippen MR) is 110 cm³/mol. The van der Waals surface area contributed by atoms with E-state index in [2.05, 4.69) is 6.58 Å². The Morgan fingerprint density at radius 3 is 2.86 bits per heavy atom. The molecular weight excluding hydrogens is 352 g/mol. The summed E-state index contributed by atoms with van der Waals surface area (Å²) >= 11 is 0. The third-order valence-electron chi connectivity index (χ3n) is 5.10. The molecule has 0 atom stereocenters. The average Bonchev–Trinajstić information content (AvgIpc) is 3.30. The van der Waals surface area contributed by atoms with E-state index in [-0.39, 0.29) is 0 Å². The molecule has 0 fully saturated rings. The van der Waals surface area contributed by atoms with Crippen molar-refractivity contribution in [2.24, 2.45) is 0 Å². The van der Waals surface area contributed by atoms with Crippen LogP contribution in [0.15, 0.2) is 61.2 Å². The van der Waals surface area contributed by atoms with Gasteiger partial charge in [0.15, 0.2) is 11.4 Å². The minimum absolute atomic E-state index is 0.471. The maximum atomic E-state index is 12.8. The first kappa shape index (κ1) is 18.0. The molecule has 1 aliphatic heterocycles. The summed E-state index contributed by atoms with van der Waals surface area (Å²) in [6.45, 7) is 6.44. The van der Waals surface area contributed by atoms with Gasteiger partial charge in [-0.25, -0.2) is 0 Å². The van der Waals surface area contributed by atoms with Gasteiger partial charge in [-0.15, -0.1) is 0 Å². The molecule has 2 aromatic heterocycles. The van der Waals surface area contributed by atoms with Gasteiger partial charge in [0.25, 0.3) is 0 Å². The third-order valence-corrected chi connectivity index (χ3v) is 5.10. The summed E-state index contributed by atoms with van der Waals surface area (Å²) in [6.07, 6.45) is 5.44. The topological polar surface area (TPSA) is 79.8 Å². The Labute approximate surface area is 163 Å². The lowest BCUT2D eigenvalue weighted by molar-refractivity contribution is -0.600. The van der Waals surface area contributed by atoms with Crippen LogP contribution in [-0.2, 0) is 13.0 Å². The van der Waals surface area contributed by atoms with Crippen molar-refractivity contribution in [3.05, 3.63) is 94.1 Å². The molecule has 1 aliphatic rings. The lowest BCUT2D eigenvalue weighted by Crippen LogP contribution is -2.33. The molecule has 0 amide bonds. The number of benzene rings is 1. The van der Waals surface area contributed by atoms with E-state index in [0.29, 0.717) is 22.8 Å². The van der Waals surface area contributed by atoms with E-state index < -0.39 is 0 Å². The highest BCUT2D eigenvalue weighted by Gasteiger charge is 2.29. The third kappa shape index (κ3) is 2.88. The summed E-state index contributed by atoms with van der Waals surface area (Å²) < 4.78 is 2.88. The Bertz CT molecular complexity index is 1080. The second kappa shape index (κ2) is 7.32. The van der Waals surface area contributed by atoms with Crippen LogP contribution in [0.1, 0.15) is 28.9 Å². The van der Waals surface area contributed by atoms with Gasteiger partial charge in [0.2, 0.25) is 5.69 Å². The summed E-state index contributed by atoms with van der Waals surface area (Å²) in [7, 11) is 0. The van der Waals surface area contributed by atoms with Crippen LogP contribution in [0.4, 0.5) is 5.69 Å². The molecule has 6 nitrogen and oxygen atoms in total. The standard InChI is InChI=1S/C22H21N4O2/c1-3-8-17(16-10-4-5-11-18(16)24-27)21-19-13-7-14-25(19)23-22(21)20-12-6-9-15(2)26(20)28/h3-6,8-12,24H,1,7,13-14H2,2H3/q-1. The van der Waals surface area contributed by atoms with Crippen LogP contribution in [0, 0.1) is 17.3 Å². The van der Waals surface area contributed by atoms with Crippen molar-refractivity contribution in [1.29, 1.82) is 0 Å². The van der Waals surface area contributed by atoms with Crippen molar-refractivity contribution < 1.29 is 4.73 Å². The van der Waals surface area contributed by atoms with Gasteiger partial charge < -0.3 is 15.9 Å². The Morgan fingerprint density at radius 1 is 1.25 bits per heavy atom. The highest BCUT2D eigenvalue weighted by Crippen LogP contribution is 2.39. The van der Waals surface area contributed by atoms with Gasteiger partial charge in [-0.1, -0.05) is 36.9 Å². The summed E-state index contributed by atoms with van der Waals surface area (Å²) in [4.78, 5) is 0. The van der Waals surface area contributed by atoms with Crippen molar-refractivity contribution in [3.63, 3.8) is 0 Å². The van der Waals surface area contributed by atoms with Crippen LogP contribution in [0.5, 0.6) is 0 Å². The van der Waals surface area contributed by atoms with Crippen molar-refractivity contribution in [3.8, 4) is 11.4 Å². The van der Waals surface area contributed by atoms with Gasteiger partial charge in [0.1, 0.15) is 0 Å². The number of allylic oxidation sites excluding steroid dienone is 2. The first-order valence-corrected chi connectivity index (χ1v) is 9.25. The second-order valence-corrected chi connectivity index (χ2v) is 6.81. The van der Waals surface area contributed by atoms with Crippen LogP contribution in [0.25, 0.3) is 17.0 Å². The fourth-order valence-corrected chi connectivity index (χ4v) is 3.81. The van der Waals surface area contributed by atoms with Crippen molar-refractivity contribution in [2.75, 3.05) is 5.48 Å². The predicted octanol–water partition coefficient (Wildman–Crippen LogP) is 3.97. The van der Waals surface area contributed by atoms with E-state index in [1.54, 1.807) is 31.2 Å². The molecule has 0 saturated carbocycles. The Balaban J connectivity index is 2.02. The largest absolute Gasteiger partial charge is 0.761 e. The van der Waals surface area contributed by atoms with E-state index >= 15 is 0 Å². The molecule has 3 aromatic rings. The molecule has 0 radical (unpaired) electrons. The van der Waals surface area contributed by atoms with Crippen LogP contribution < -0.4 is 10.2 Å². The number of aromatic nitrogens is 3. The van der Waals surface area contributed by atoms with Crippen molar-refractivity contribution >= 4 is 11.3 Å². The minimum Gasteiger partial charge on any atom is -0.761 e. The monoisotopic (exact) mass is 373 g/mol. The number of pyridine rings is 1. The van der Waals surface area contributed by atoms with Gasteiger partial charge in [0.05, 0.1) is 0 Å². The highest BCUT2D eigenvalue weighted by atomic mass is 16.5. The van der Waals surface area contributed by atoms with Crippen LogP contribution in [0.2, 0.25) is 0 Å². The van der Waals surface area contributed by atoms with E-state index in [1.165, 1.54) is 0 Å². The molecule has 4 rings (SSSR count). The quantitative estimate of drug-likeness (QED) is 0.318. The number of rotatable bonds is 5. The second-order valence-electron chi connectivity index (χ2n) is 6.81. The summed E-state index contributed by atoms with van der Waals surface area (Å²) in [5.74, 6) is 0. The molecule has 0 aliphatic carbocycles. The molecular formula is C22H21N4O2-. The molecule has 1 aromatic carbocycles. The smallest absolute Gasteiger partial charge is 0.245 e. The zero-order valence-electron chi connectivity index (χ0n) is 15.7. The highest BCUT2D eigenvalue weighted by molar-refractivity contribution is 5.92. The number of fused-ring (bicyclic) bond motifs is 1. The van der Waals surface area contributed by atoms with Crippen molar-refractivity contribution in [1.82, 2.24) is 9.78 Å². The van der Waals surface area contributed by atoms with E-state index in [1.807, 2.05) is 40.5 Å². The maximum Gasteiger partial charge on any atom is 0.245 e. The molecule has 28 heavy (non-hydrogen) atoms. The van der Waals surface area contributed by atoms with E-state index in [0.717, 1.165) is 46.5 Å². The molecule has 0 saturated heterocycles. The van der Waals surface area contributed by atoms with Gasteiger partial charge in [-0.2, -0.15) is 9.83 Å². The number of aryl methyl sites for hydroxylation is 2. The fraction of sp³-hybridized carbons (Fsp3) is 0.182. The first-order valence-electron chi connectivity index (χ1n) is 9.25. The van der Waals surface area contributed by atoms with Gasteiger partial charge in [0, 0.05) is 48.1 Å². The Morgan fingerprint density at radius 2 is 2.07 bits per heavy atom. The molecule has 3 heterocycles. The molecule has 0 bridgehead atoms. The molecule has 6 heteroatoms. The average molecular weight is 373 g/mol. The summed E-state index contributed by atoms with van der Waals surface area (Å²) in [6, 6.07) is 12.7. The van der Waals surface area contributed by atoms with Gasteiger partial charge in [-0.3, -0.25) is 4.68 Å². The first-order chi connectivity index (χ1) is 13.7. The minimum atomic E-state index is 0.471. The number of anilines is 1. The molecule has 142 valence electrons. The van der Waals surface area contributed by atoms with Crippen LogP contribution in [-0.4, -0.2) is 9.78 Å². The van der Waals surface area contributed by atoms with Crippen molar-refractivity contribution in [2.45, 2.75) is 26.3 Å². The Hall–Kier alpha value is -3.38. The number of para-hydroxylation sites is 1. The number of hydrogen-bond donors (Lipinski definition) is 1. The number of nitrogens with zero attached hydrogens (tertiary/aromatic N) is 3. The summed E-state index contributed by atoms with van der Waals surface area (Å²) in [5, 5.41) is 29.1. The van der Waals surface area contributed by atoms with Gasteiger partial charge >= 0.3 is 0 Å².